The summed E-state index contributed by atoms with van der Waals surface area (Å²) in [5.41, 5.74) is -0.468. The minimum atomic E-state index is -0.694. The highest BCUT2D eigenvalue weighted by atomic mass is 16.7. The van der Waals surface area contributed by atoms with Gasteiger partial charge in [0, 0.05) is 20.3 Å². The van der Waals surface area contributed by atoms with Gasteiger partial charge >= 0.3 is 5.69 Å². The second-order valence-electron chi connectivity index (χ2n) is 4.57. The van der Waals surface area contributed by atoms with E-state index in [4.69, 9.17) is 14.6 Å². The van der Waals surface area contributed by atoms with Gasteiger partial charge in [0.15, 0.2) is 18.3 Å². The van der Waals surface area contributed by atoms with Crippen molar-refractivity contribution in [3.8, 4) is 0 Å². The molecule has 8 nitrogen and oxygen atoms in total. The Hall–Kier alpha value is -1.77. The molecule has 2 heterocycles. The molecule has 0 unspecified atom stereocenters. The van der Waals surface area contributed by atoms with Gasteiger partial charge in [-0.2, -0.15) is 4.98 Å². The zero-order valence-electron chi connectivity index (χ0n) is 11.7. The zero-order valence-corrected chi connectivity index (χ0v) is 11.7. The second-order valence-corrected chi connectivity index (χ2v) is 4.57. The molecule has 0 spiro atoms. The molecule has 1 aliphatic heterocycles. The Bertz CT molecular complexity index is 555. The number of aliphatic hydroxyl groups is 1. The normalized spacial score (nSPS) is 23.1. The van der Waals surface area contributed by atoms with E-state index in [9.17, 15) is 4.79 Å². The summed E-state index contributed by atoms with van der Waals surface area (Å²) >= 11 is 0. The number of hydrogen-bond donors (Lipinski definition) is 1. The van der Waals surface area contributed by atoms with Crippen LogP contribution in [0.1, 0.15) is 13.2 Å². The summed E-state index contributed by atoms with van der Waals surface area (Å²) in [5, 5.41) is 8.92. The molecule has 0 aromatic carbocycles. The van der Waals surface area contributed by atoms with Gasteiger partial charge in [0.25, 0.3) is 0 Å². The number of hydrogen-bond acceptors (Lipinski definition) is 6. The van der Waals surface area contributed by atoms with E-state index in [1.165, 1.54) is 4.57 Å². The third-order valence-electron chi connectivity index (χ3n) is 2.93. The highest BCUT2D eigenvalue weighted by Crippen LogP contribution is 2.19. The van der Waals surface area contributed by atoms with Gasteiger partial charge in [-0.15, -0.1) is 0 Å². The van der Waals surface area contributed by atoms with E-state index >= 15 is 0 Å². The lowest BCUT2D eigenvalue weighted by atomic mass is 10.5. The van der Waals surface area contributed by atoms with Crippen LogP contribution in [0, 0.1) is 0 Å². The van der Waals surface area contributed by atoms with Crippen LogP contribution in [-0.2, 0) is 9.47 Å². The molecular formula is C12H18N4O4. The third kappa shape index (κ3) is 3.21. The Balaban J connectivity index is 2.19. The molecule has 1 saturated heterocycles. The molecule has 0 bridgehead atoms. The molecule has 1 aromatic rings. The maximum atomic E-state index is 11.9. The van der Waals surface area contributed by atoms with Crippen LogP contribution in [0.25, 0.3) is 0 Å². The average molecular weight is 282 g/mol. The first kappa shape index (κ1) is 14.6. The molecule has 110 valence electrons. The predicted octanol–water partition coefficient (Wildman–Crippen LogP) is -0.281. The average Bonchev–Trinajstić information content (AvgIpc) is 2.87. The summed E-state index contributed by atoms with van der Waals surface area (Å²) < 4.78 is 11.8. The fourth-order valence-electron chi connectivity index (χ4n) is 1.64. The van der Waals surface area contributed by atoms with E-state index < -0.39 is 18.2 Å². The molecule has 1 fully saturated rings. The lowest BCUT2D eigenvalue weighted by Crippen LogP contribution is -2.28. The van der Waals surface area contributed by atoms with Crippen molar-refractivity contribution in [2.75, 3.05) is 27.3 Å². The second kappa shape index (κ2) is 6.12. The first-order valence-corrected chi connectivity index (χ1v) is 6.21. The van der Waals surface area contributed by atoms with Crippen molar-refractivity contribution < 1.29 is 14.6 Å². The van der Waals surface area contributed by atoms with Gasteiger partial charge in [0.1, 0.15) is 5.84 Å². The molecule has 20 heavy (non-hydrogen) atoms. The van der Waals surface area contributed by atoms with Gasteiger partial charge in [-0.3, -0.25) is 4.57 Å². The quantitative estimate of drug-likeness (QED) is 0.606. The number of aromatic nitrogens is 2. The lowest BCUT2D eigenvalue weighted by molar-refractivity contribution is -0.0992. The van der Waals surface area contributed by atoms with E-state index in [-0.39, 0.29) is 13.2 Å². The van der Waals surface area contributed by atoms with Gasteiger partial charge in [-0.25, -0.2) is 9.79 Å². The van der Waals surface area contributed by atoms with Crippen molar-refractivity contribution in [3.63, 3.8) is 0 Å². The SMILES string of the molecule is CC(=Nc1ccn([C@@H]2CO[C@H](CO)O2)c(=O)n1)N(C)C. The molecule has 2 atom stereocenters. The molecular weight excluding hydrogens is 264 g/mol. The number of amidine groups is 1. The maximum absolute atomic E-state index is 11.9. The summed E-state index contributed by atoms with van der Waals surface area (Å²) in [6.45, 7) is 1.78. The van der Waals surface area contributed by atoms with Crippen molar-refractivity contribution in [1.29, 1.82) is 0 Å². The largest absolute Gasteiger partial charge is 0.391 e. The van der Waals surface area contributed by atoms with Crippen LogP contribution >= 0.6 is 0 Å². The van der Waals surface area contributed by atoms with E-state index in [1.54, 1.807) is 12.3 Å². The van der Waals surface area contributed by atoms with E-state index in [2.05, 4.69) is 9.98 Å². The summed E-state index contributed by atoms with van der Waals surface area (Å²) in [4.78, 5) is 21.9. The highest BCUT2D eigenvalue weighted by Gasteiger charge is 2.27. The van der Waals surface area contributed by atoms with Crippen LogP contribution in [0.15, 0.2) is 22.1 Å². The van der Waals surface area contributed by atoms with Gasteiger partial charge in [0.2, 0.25) is 0 Å². The monoisotopic (exact) mass is 282 g/mol. The van der Waals surface area contributed by atoms with Crippen LogP contribution in [0.2, 0.25) is 0 Å². The number of aliphatic hydroxyl groups excluding tert-OH is 1. The number of ether oxygens (including phenoxy) is 2. The van der Waals surface area contributed by atoms with Crippen molar-refractivity contribution in [2.45, 2.75) is 19.4 Å². The molecule has 0 saturated carbocycles. The Morgan fingerprint density at radius 3 is 2.95 bits per heavy atom. The Kier molecular flexibility index (Phi) is 4.48. The van der Waals surface area contributed by atoms with E-state index in [0.29, 0.717) is 5.82 Å². The summed E-state index contributed by atoms with van der Waals surface area (Å²) in [7, 11) is 3.72. The fraction of sp³-hybridized carbons (Fsp3) is 0.583. The van der Waals surface area contributed by atoms with Gasteiger partial charge < -0.3 is 19.5 Å². The van der Waals surface area contributed by atoms with Crippen molar-refractivity contribution >= 4 is 11.7 Å². The standard InChI is InChI=1S/C12H18N4O4/c1-8(15(2)3)13-9-4-5-16(12(18)14-9)10-7-19-11(6-17)20-10/h4-5,10-11,17H,6-7H2,1-3H3/t10-,11-/m0/s1. The Labute approximate surface area is 116 Å². The first-order valence-electron chi connectivity index (χ1n) is 6.21. The highest BCUT2D eigenvalue weighted by molar-refractivity contribution is 5.81. The zero-order chi connectivity index (χ0) is 14.7. The third-order valence-corrected chi connectivity index (χ3v) is 2.93. The minimum Gasteiger partial charge on any atom is -0.391 e. The van der Waals surface area contributed by atoms with E-state index in [0.717, 1.165) is 5.84 Å². The smallest absolute Gasteiger partial charge is 0.351 e. The number of nitrogens with zero attached hydrogens (tertiary/aromatic N) is 4. The summed E-state index contributed by atoms with van der Waals surface area (Å²) in [6.07, 6.45) is 0.297. The Morgan fingerprint density at radius 1 is 1.65 bits per heavy atom. The van der Waals surface area contributed by atoms with Crippen LogP contribution in [-0.4, -0.2) is 59.0 Å². The number of aliphatic imine (C=N–C) groups is 1. The van der Waals surface area contributed by atoms with Crippen molar-refractivity contribution in [1.82, 2.24) is 14.5 Å². The van der Waals surface area contributed by atoms with Gasteiger partial charge in [-0.1, -0.05) is 0 Å². The molecule has 0 radical (unpaired) electrons. The van der Waals surface area contributed by atoms with Gasteiger partial charge in [0.05, 0.1) is 13.2 Å². The van der Waals surface area contributed by atoms with Crippen LogP contribution < -0.4 is 5.69 Å². The summed E-state index contributed by atoms with van der Waals surface area (Å²) in [5.74, 6) is 1.09. The molecule has 0 aliphatic carbocycles. The van der Waals surface area contributed by atoms with Gasteiger partial charge in [-0.05, 0) is 13.0 Å². The van der Waals surface area contributed by atoms with Crippen LogP contribution in [0.3, 0.4) is 0 Å². The number of rotatable bonds is 3. The molecule has 2 rings (SSSR count). The maximum Gasteiger partial charge on any atom is 0.351 e. The minimum absolute atomic E-state index is 0.201. The lowest BCUT2D eigenvalue weighted by Gasteiger charge is -2.13. The molecule has 1 aromatic heterocycles. The topological polar surface area (TPSA) is 89.2 Å². The molecule has 0 amide bonds. The molecule has 8 heteroatoms. The molecule has 1 aliphatic rings. The van der Waals surface area contributed by atoms with Crippen LogP contribution in [0.4, 0.5) is 5.82 Å². The fourth-order valence-corrected chi connectivity index (χ4v) is 1.64. The van der Waals surface area contributed by atoms with E-state index in [1.807, 2.05) is 25.9 Å². The van der Waals surface area contributed by atoms with Crippen molar-refractivity contribution in [2.24, 2.45) is 4.99 Å². The van der Waals surface area contributed by atoms with Crippen LogP contribution in [0.5, 0.6) is 0 Å². The first-order chi connectivity index (χ1) is 9.51. The predicted molar refractivity (Wildman–Crippen MR) is 71.9 cm³/mol. The van der Waals surface area contributed by atoms with Crippen molar-refractivity contribution in [3.05, 3.63) is 22.7 Å². The summed E-state index contributed by atoms with van der Waals surface area (Å²) in [6, 6.07) is 1.63. The Morgan fingerprint density at radius 2 is 2.40 bits per heavy atom. The molecule has 1 N–H and O–H groups in total.